The maximum Gasteiger partial charge on any atom is 0.293 e. The van der Waals surface area contributed by atoms with Crippen LogP contribution in [0.2, 0.25) is 0 Å². The second-order valence-electron chi connectivity index (χ2n) is 6.11. The standard InChI is InChI=1S/C18H19N3O3/c1-20(12-13-7-8-13)18(22)14-9-10-16(17(11-14)21(23)24)19-15-5-3-2-4-6-15/h2-6,9-11,13,19H,7-8,12H2,1H3. The van der Waals surface area contributed by atoms with E-state index in [0.717, 1.165) is 18.5 Å². The van der Waals surface area contributed by atoms with E-state index in [4.69, 9.17) is 0 Å². The van der Waals surface area contributed by atoms with Crippen molar-refractivity contribution >= 4 is 23.0 Å². The average Bonchev–Trinajstić information content (AvgIpc) is 3.39. The van der Waals surface area contributed by atoms with Gasteiger partial charge in [0, 0.05) is 30.9 Å². The molecule has 1 aliphatic rings. The Morgan fingerprint density at radius 3 is 2.58 bits per heavy atom. The van der Waals surface area contributed by atoms with Gasteiger partial charge in [0.1, 0.15) is 5.69 Å². The van der Waals surface area contributed by atoms with Crippen molar-refractivity contribution < 1.29 is 9.72 Å². The summed E-state index contributed by atoms with van der Waals surface area (Å²) in [7, 11) is 1.74. The third-order valence-corrected chi connectivity index (χ3v) is 4.07. The number of rotatable bonds is 6. The molecule has 0 saturated heterocycles. The van der Waals surface area contributed by atoms with Crippen LogP contribution >= 0.6 is 0 Å². The number of hydrogen-bond acceptors (Lipinski definition) is 4. The Morgan fingerprint density at radius 2 is 1.96 bits per heavy atom. The Balaban J connectivity index is 1.83. The molecule has 1 N–H and O–H groups in total. The lowest BCUT2D eigenvalue weighted by molar-refractivity contribution is -0.383. The lowest BCUT2D eigenvalue weighted by Gasteiger charge is -2.17. The number of benzene rings is 2. The van der Waals surface area contributed by atoms with Crippen molar-refractivity contribution in [3.63, 3.8) is 0 Å². The summed E-state index contributed by atoms with van der Waals surface area (Å²) in [5.74, 6) is 0.393. The molecule has 1 aliphatic carbocycles. The molecule has 0 aliphatic heterocycles. The van der Waals surface area contributed by atoms with Crippen LogP contribution in [0.4, 0.5) is 17.1 Å². The van der Waals surface area contributed by atoms with E-state index in [1.807, 2.05) is 30.3 Å². The maximum atomic E-state index is 12.4. The molecule has 1 fully saturated rings. The van der Waals surface area contributed by atoms with Gasteiger partial charge >= 0.3 is 0 Å². The molecule has 1 amide bonds. The van der Waals surface area contributed by atoms with Crippen LogP contribution in [0.3, 0.4) is 0 Å². The van der Waals surface area contributed by atoms with Crippen LogP contribution < -0.4 is 5.32 Å². The number of nitro groups is 1. The Morgan fingerprint density at radius 1 is 1.25 bits per heavy atom. The Bertz CT molecular complexity index is 757. The fraction of sp³-hybridized carbons (Fsp3) is 0.278. The van der Waals surface area contributed by atoms with Crippen LogP contribution in [0.25, 0.3) is 0 Å². The van der Waals surface area contributed by atoms with Crippen molar-refractivity contribution in [3.05, 3.63) is 64.2 Å². The van der Waals surface area contributed by atoms with E-state index in [0.29, 0.717) is 23.7 Å². The zero-order chi connectivity index (χ0) is 17.1. The smallest absolute Gasteiger partial charge is 0.293 e. The summed E-state index contributed by atoms with van der Waals surface area (Å²) in [4.78, 5) is 25.0. The Hall–Kier alpha value is -2.89. The first-order valence-corrected chi connectivity index (χ1v) is 7.90. The van der Waals surface area contributed by atoms with Gasteiger partial charge < -0.3 is 10.2 Å². The molecule has 24 heavy (non-hydrogen) atoms. The molecule has 6 heteroatoms. The normalized spacial score (nSPS) is 13.4. The molecule has 0 atom stereocenters. The summed E-state index contributed by atoms with van der Waals surface area (Å²) >= 11 is 0. The predicted octanol–water partition coefficient (Wildman–Crippen LogP) is 3.82. The van der Waals surface area contributed by atoms with E-state index < -0.39 is 4.92 Å². The van der Waals surface area contributed by atoms with Gasteiger partial charge in [0.25, 0.3) is 11.6 Å². The van der Waals surface area contributed by atoms with Crippen LogP contribution in [-0.2, 0) is 0 Å². The Labute approximate surface area is 140 Å². The number of carbonyl (C=O) groups excluding carboxylic acids is 1. The van der Waals surface area contributed by atoms with Gasteiger partial charge in [-0.1, -0.05) is 18.2 Å². The van der Waals surface area contributed by atoms with Crippen LogP contribution in [0.1, 0.15) is 23.2 Å². The van der Waals surface area contributed by atoms with Crippen molar-refractivity contribution in [2.24, 2.45) is 5.92 Å². The number of nitro benzene ring substituents is 1. The molecule has 6 nitrogen and oxygen atoms in total. The summed E-state index contributed by atoms with van der Waals surface area (Å²) in [5, 5.41) is 14.4. The molecule has 1 saturated carbocycles. The van der Waals surface area contributed by atoms with E-state index in [1.54, 1.807) is 24.1 Å². The molecule has 2 aromatic rings. The molecule has 3 rings (SSSR count). The Kier molecular flexibility index (Phi) is 4.46. The van der Waals surface area contributed by atoms with Gasteiger partial charge in [-0.25, -0.2) is 0 Å². The number of carbonyl (C=O) groups is 1. The summed E-state index contributed by atoms with van der Waals surface area (Å²) in [6.07, 6.45) is 2.30. The van der Waals surface area contributed by atoms with E-state index in [9.17, 15) is 14.9 Å². The van der Waals surface area contributed by atoms with E-state index >= 15 is 0 Å². The fourth-order valence-electron chi connectivity index (χ4n) is 2.59. The predicted molar refractivity (Wildman–Crippen MR) is 92.5 cm³/mol. The number of hydrogen-bond donors (Lipinski definition) is 1. The number of amides is 1. The van der Waals surface area contributed by atoms with E-state index in [1.165, 1.54) is 6.07 Å². The van der Waals surface area contributed by atoms with E-state index in [-0.39, 0.29) is 11.6 Å². The number of nitrogens with one attached hydrogen (secondary N) is 1. The minimum absolute atomic E-state index is 0.107. The van der Waals surface area contributed by atoms with Crippen LogP contribution in [0.5, 0.6) is 0 Å². The first kappa shape index (κ1) is 16.0. The third-order valence-electron chi connectivity index (χ3n) is 4.07. The lowest BCUT2D eigenvalue weighted by atomic mass is 10.1. The highest BCUT2D eigenvalue weighted by Crippen LogP contribution is 2.31. The molecule has 0 bridgehead atoms. The summed E-state index contributed by atoms with van der Waals surface area (Å²) in [6, 6.07) is 13.8. The van der Waals surface area contributed by atoms with Crippen molar-refractivity contribution in [1.29, 1.82) is 0 Å². The second-order valence-corrected chi connectivity index (χ2v) is 6.11. The van der Waals surface area contributed by atoms with E-state index in [2.05, 4.69) is 5.32 Å². The van der Waals surface area contributed by atoms with Crippen LogP contribution in [0.15, 0.2) is 48.5 Å². The number of anilines is 2. The first-order chi connectivity index (χ1) is 11.5. The average molecular weight is 325 g/mol. The topological polar surface area (TPSA) is 75.5 Å². The SMILES string of the molecule is CN(CC1CC1)C(=O)c1ccc(Nc2ccccc2)c([N+](=O)[O-])c1. The van der Waals surface area contributed by atoms with Crippen molar-refractivity contribution in [1.82, 2.24) is 4.90 Å². The maximum absolute atomic E-state index is 12.4. The first-order valence-electron chi connectivity index (χ1n) is 7.90. The number of para-hydroxylation sites is 1. The summed E-state index contributed by atoms with van der Waals surface area (Å²) < 4.78 is 0. The highest BCUT2D eigenvalue weighted by atomic mass is 16.6. The lowest BCUT2D eigenvalue weighted by Crippen LogP contribution is -2.28. The zero-order valence-electron chi connectivity index (χ0n) is 13.4. The van der Waals surface area contributed by atoms with Crippen LogP contribution in [-0.4, -0.2) is 29.3 Å². The van der Waals surface area contributed by atoms with Crippen molar-refractivity contribution in [2.45, 2.75) is 12.8 Å². The molecule has 0 aromatic heterocycles. The number of nitrogens with zero attached hydrogens (tertiary/aromatic N) is 2. The largest absolute Gasteiger partial charge is 0.350 e. The van der Waals surface area contributed by atoms with Gasteiger partial charge in [-0.05, 0) is 43.0 Å². The van der Waals surface area contributed by atoms with Gasteiger partial charge in [-0.2, -0.15) is 0 Å². The molecular formula is C18H19N3O3. The zero-order valence-corrected chi connectivity index (χ0v) is 13.4. The van der Waals surface area contributed by atoms with Crippen molar-refractivity contribution in [3.8, 4) is 0 Å². The summed E-state index contributed by atoms with van der Waals surface area (Å²) in [6.45, 7) is 0.705. The monoisotopic (exact) mass is 325 g/mol. The second kappa shape index (κ2) is 6.70. The van der Waals surface area contributed by atoms with Gasteiger partial charge in [-0.15, -0.1) is 0 Å². The highest BCUT2D eigenvalue weighted by Gasteiger charge is 2.26. The van der Waals surface area contributed by atoms with Crippen molar-refractivity contribution in [2.75, 3.05) is 18.9 Å². The minimum atomic E-state index is -0.469. The quantitative estimate of drug-likeness (QED) is 0.647. The molecule has 0 radical (unpaired) electrons. The minimum Gasteiger partial charge on any atom is -0.350 e. The molecule has 2 aromatic carbocycles. The molecular weight excluding hydrogens is 306 g/mol. The molecule has 124 valence electrons. The third kappa shape index (κ3) is 3.71. The molecule has 0 unspecified atom stereocenters. The fourth-order valence-corrected chi connectivity index (χ4v) is 2.59. The molecule has 0 heterocycles. The van der Waals surface area contributed by atoms with Gasteiger partial charge in [0.2, 0.25) is 0 Å². The summed E-state index contributed by atoms with van der Waals surface area (Å²) in [5.41, 5.74) is 1.35. The van der Waals surface area contributed by atoms with Crippen LogP contribution in [0, 0.1) is 16.0 Å². The van der Waals surface area contributed by atoms with Gasteiger partial charge in [0.15, 0.2) is 0 Å². The highest BCUT2D eigenvalue weighted by molar-refractivity contribution is 5.95. The van der Waals surface area contributed by atoms with Gasteiger partial charge in [-0.3, -0.25) is 14.9 Å². The van der Waals surface area contributed by atoms with Gasteiger partial charge in [0.05, 0.1) is 4.92 Å². The molecule has 0 spiro atoms.